The lowest BCUT2D eigenvalue weighted by Gasteiger charge is -2.07. The quantitative estimate of drug-likeness (QED) is 0.0584. The molecule has 0 fully saturated rings. The van der Waals surface area contributed by atoms with E-state index in [1.807, 2.05) is 0 Å². The number of aryl methyl sites for hydroxylation is 2. The molecular formula is C39H77N2+. The molecule has 0 spiro atoms. The highest BCUT2D eigenvalue weighted by atomic mass is 15.1. The van der Waals surface area contributed by atoms with Crippen LogP contribution in [0.2, 0.25) is 0 Å². The molecule has 0 aliphatic carbocycles. The molecule has 2 heteroatoms. The van der Waals surface area contributed by atoms with E-state index in [-0.39, 0.29) is 0 Å². The van der Waals surface area contributed by atoms with Crippen LogP contribution in [-0.2, 0) is 19.5 Å². The van der Waals surface area contributed by atoms with Crippen molar-refractivity contribution in [3.05, 3.63) is 18.2 Å². The van der Waals surface area contributed by atoms with Gasteiger partial charge in [-0.05, 0) is 32.1 Å². The van der Waals surface area contributed by atoms with Crippen LogP contribution in [0.15, 0.2) is 12.4 Å². The molecule has 2 nitrogen and oxygen atoms in total. The predicted molar refractivity (Wildman–Crippen MR) is 184 cm³/mol. The third kappa shape index (κ3) is 23.4. The summed E-state index contributed by atoms with van der Waals surface area (Å²) < 4.78 is 5.26. The number of nitrogens with zero attached hydrogens (tertiary/aromatic N) is 2. The topological polar surface area (TPSA) is 8.81 Å². The molecule has 0 saturated heterocycles. The maximum Gasteiger partial charge on any atom is 0.256 e. The van der Waals surface area contributed by atoms with Crippen molar-refractivity contribution < 1.29 is 4.57 Å². The van der Waals surface area contributed by atoms with E-state index in [9.17, 15) is 0 Å². The number of imidazole rings is 1. The van der Waals surface area contributed by atoms with Gasteiger partial charge in [0.05, 0.1) is 13.1 Å². The van der Waals surface area contributed by atoms with E-state index in [4.69, 9.17) is 0 Å². The Kier molecular flexibility index (Phi) is 28.6. The van der Waals surface area contributed by atoms with Crippen LogP contribution >= 0.6 is 0 Å². The van der Waals surface area contributed by atoms with Crippen molar-refractivity contribution in [2.75, 3.05) is 0 Å². The first kappa shape index (κ1) is 38.2. The molecule has 0 aliphatic rings. The van der Waals surface area contributed by atoms with Crippen LogP contribution in [0.25, 0.3) is 0 Å². The van der Waals surface area contributed by atoms with Crippen LogP contribution in [0.5, 0.6) is 0 Å². The first-order chi connectivity index (χ1) is 20.3. The summed E-state index contributed by atoms with van der Waals surface area (Å²) in [5.74, 6) is 1.62. The Morgan fingerprint density at radius 1 is 0.415 bits per heavy atom. The van der Waals surface area contributed by atoms with Crippen LogP contribution in [0.4, 0.5) is 0 Å². The summed E-state index contributed by atoms with van der Waals surface area (Å²) in [5.41, 5.74) is 0. The minimum absolute atomic E-state index is 1.23. The lowest BCUT2D eigenvalue weighted by atomic mass is 10.0. The summed E-state index contributed by atoms with van der Waals surface area (Å²) >= 11 is 0. The Bertz CT molecular complexity index is 634. The highest BCUT2D eigenvalue weighted by molar-refractivity contribution is 4.84. The van der Waals surface area contributed by atoms with Gasteiger partial charge >= 0.3 is 0 Å². The van der Waals surface area contributed by atoms with E-state index in [1.165, 1.54) is 212 Å². The van der Waals surface area contributed by atoms with Crippen LogP contribution < -0.4 is 4.57 Å². The van der Waals surface area contributed by atoms with Gasteiger partial charge in [-0.2, -0.15) is 0 Å². The van der Waals surface area contributed by atoms with Gasteiger partial charge in [0.25, 0.3) is 5.82 Å². The van der Waals surface area contributed by atoms with Crippen molar-refractivity contribution in [2.24, 2.45) is 0 Å². The number of rotatable bonds is 33. The van der Waals surface area contributed by atoms with Gasteiger partial charge in [-0.25, -0.2) is 9.13 Å². The van der Waals surface area contributed by atoms with Crippen molar-refractivity contribution in [1.82, 2.24) is 4.57 Å². The molecule has 1 rings (SSSR count). The molecule has 0 saturated carbocycles. The molecule has 0 atom stereocenters. The van der Waals surface area contributed by atoms with E-state index in [0.717, 1.165) is 0 Å². The second kappa shape index (κ2) is 30.7. The Hall–Kier alpha value is -0.790. The zero-order chi connectivity index (χ0) is 29.5. The third-order valence-electron chi connectivity index (χ3n) is 9.35. The average molecular weight is 574 g/mol. The summed E-state index contributed by atoms with van der Waals surface area (Å²) in [6, 6.07) is 0. The molecule has 0 aliphatic heterocycles. The summed E-state index contributed by atoms with van der Waals surface area (Å²) in [5, 5.41) is 0. The van der Waals surface area contributed by atoms with Gasteiger partial charge in [-0.3, -0.25) is 0 Å². The first-order valence-corrected chi connectivity index (χ1v) is 19.4. The first-order valence-electron chi connectivity index (χ1n) is 19.4. The maximum absolute atomic E-state index is 2.63. The van der Waals surface area contributed by atoms with Gasteiger partial charge in [0.2, 0.25) is 0 Å². The van der Waals surface area contributed by atoms with Gasteiger partial charge in [0.1, 0.15) is 12.4 Å². The van der Waals surface area contributed by atoms with E-state index in [2.05, 4.69) is 42.3 Å². The second-order valence-corrected chi connectivity index (χ2v) is 13.4. The Morgan fingerprint density at radius 2 is 0.756 bits per heavy atom. The predicted octanol–water partition coefficient (Wildman–Crippen LogP) is 13.1. The minimum Gasteiger partial charge on any atom is -0.234 e. The fourth-order valence-electron chi connectivity index (χ4n) is 6.50. The molecule has 41 heavy (non-hydrogen) atoms. The zero-order valence-corrected chi connectivity index (χ0v) is 28.9. The molecule has 0 aromatic carbocycles. The Morgan fingerprint density at radius 3 is 1.17 bits per heavy atom. The van der Waals surface area contributed by atoms with Crippen molar-refractivity contribution in [1.29, 1.82) is 0 Å². The van der Waals surface area contributed by atoms with Crippen molar-refractivity contribution in [3.63, 3.8) is 0 Å². The van der Waals surface area contributed by atoms with Crippen LogP contribution in [-0.4, -0.2) is 4.57 Å². The lowest BCUT2D eigenvalue weighted by molar-refractivity contribution is -0.704. The van der Waals surface area contributed by atoms with Gasteiger partial charge in [-0.15, -0.1) is 0 Å². The second-order valence-electron chi connectivity index (χ2n) is 13.4. The van der Waals surface area contributed by atoms with Crippen LogP contribution in [0.1, 0.15) is 219 Å². The third-order valence-corrected chi connectivity index (χ3v) is 9.35. The molecule has 0 bridgehead atoms. The summed E-state index contributed by atoms with van der Waals surface area (Å²) in [6.45, 7) is 9.40. The molecular weight excluding hydrogens is 496 g/mol. The number of aromatic nitrogens is 2. The summed E-state index contributed by atoms with van der Waals surface area (Å²) in [7, 11) is 0. The average Bonchev–Trinajstić information content (AvgIpc) is 3.37. The SMILES string of the molecule is CCCCCCCCCCCCCc1n(CCCCCCCCCC)cc[n+]1CCCCCCCCCCCCC. The molecule has 0 N–H and O–H groups in total. The van der Waals surface area contributed by atoms with Gasteiger partial charge < -0.3 is 0 Å². The van der Waals surface area contributed by atoms with Crippen molar-refractivity contribution >= 4 is 0 Å². The fraction of sp³-hybridized carbons (Fsp3) is 0.923. The van der Waals surface area contributed by atoms with Gasteiger partial charge in [0, 0.05) is 6.42 Å². The summed E-state index contributed by atoms with van der Waals surface area (Å²) in [4.78, 5) is 0. The molecule has 1 aromatic heterocycles. The van der Waals surface area contributed by atoms with E-state index in [1.54, 1.807) is 5.82 Å². The van der Waals surface area contributed by atoms with Crippen molar-refractivity contribution in [3.8, 4) is 0 Å². The maximum atomic E-state index is 2.63. The highest BCUT2D eigenvalue weighted by Gasteiger charge is 2.16. The largest absolute Gasteiger partial charge is 0.256 e. The number of hydrogen-bond acceptors (Lipinski definition) is 0. The standard InChI is InChI=1S/C39H77N2/c1-4-7-10-13-16-19-21-23-25-28-31-34-39-40(35-32-29-26-18-15-12-9-6-3)37-38-41(39)36-33-30-27-24-22-20-17-14-11-8-5-2/h37-38H,4-36H2,1-3H3/q+1. The molecule has 0 radical (unpaired) electrons. The molecule has 0 unspecified atom stereocenters. The Balaban J connectivity index is 2.31. The Labute approximate surface area is 259 Å². The minimum atomic E-state index is 1.23. The van der Waals surface area contributed by atoms with Crippen LogP contribution in [0, 0.1) is 0 Å². The van der Waals surface area contributed by atoms with E-state index >= 15 is 0 Å². The zero-order valence-electron chi connectivity index (χ0n) is 28.9. The fourth-order valence-corrected chi connectivity index (χ4v) is 6.50. The van der Waals surface area contributed by atoms with Crippen LogP contribution in [0.3, 0.4) is 0 Å². The molecule has 1 aromatic rings. The normalized spacial score (nSPS) is 11.6. The van der Waals surface area contributed by atoms with Crippen molar-refractivity contribution in [2.45, 2.75) is 233 Å². The number of hydrogen-bond donors (Lipinski definition) is 0. The molecule has 242 valence electrons. The number of unbranched alkanes of at least 4 members (excludes halogenated alkanes) is 27. The molecule has 1 heterocycles. The van der Waals surface area contributed by atoms with E-state index in [0.29, 0.717) is 0 Å². The molecule has 0 amide bonds. The monoisotopic (exact) mass is 574 g/mol. The summed E-state index contributed by atoms with van der Waals surface area (Å²) in [6.07, 6.45) is 48.9. The lowest BCUT2D eigenvalue weighted by Crippen LogP contribution is -2.37. The highest BCUT2D eigenvalue weighted by Crippen LogP contribution is 2.15. The smallest absolute Gasteiger partial charge is 0.234 e. The van der Waals surface area contributed by atoms with Gasteiger partial charge in [0.15, 0.2) is 0 Å². The van der Waals surface area contributed by atoms with Gasteiger partial charge in [-0.1, -0.05) is 181 Å². The van der Waals surface area contributed by atoms with E-state index < -0.39 is 0 Å².